The molecule has 0 bridgehead atoms. The average Bonchev–Trinajstić information content (AvgIpc) is 3.29. The van der Waals surface area contributed by atoms with Crippen molar-refractivity contribution in [1.82, 2.24) is 0 Å². The summed E-state index contributed by atoms with van der Waals surface area (Å²) >= 11 is 0. The quantitative estimate of drug-likeness (QED) is 0.196. The first-order valence-corrected chi connectivity index (χ1v) is 32.3. The van der Waals surface area contributed by atoms with Crippen LogP contribution in [0.3, 0.4) is 0 Å². The Morgan fingerprint density at radius 1 is 0.270 bits per heavy atom. The molecule has 6 fully saturated rings. The maximum Gasteiger partial charge on any atom is 2.00 e. The molecule has 0 amide bonds. The number of hydrogen-bond donors (Lipinski definition) is 4. The van der Waals surface area contributed by atoms with E-state index >= 15 is 0 Å². The Bertz CT molecular complexity index is 1040. The predicted molar refractivity (Wildman–Crippen MR) is 314 cm³/mol. The number of hydrogen-bond acceptors (Lipinski definition) is 6. The van der Waals surface area contributed by atoms with Crippen LogP contribution in [0.25, 0.3) is 0 Å². The van der Waals surface area contributed by atoms with E-state index in [0.717, 1.165) is 103 Å². The van der Waals surface area contributed by atoms with Crippen LogP contribution in [0.4, 0.5) is 0 Å². The maximum atomic E-state index is 12.1. The molecule has 6 rings (SSSR count). The first kappa shape index (κ1) is 78.1. The van der Waals surface area contributed by atoms with E-state index in [4.69, 9.17) is 0 Å². The normalized spacial score (nSPS) is 37.7. The van der Waals surface area contributed by atoms with Crippen molar-refractivity contribution < 1.29 is 52.4 Å². The van der Waals surface area contributed by atoms with Gasteiger partial charge in [0, 0.05) is 21.7 Å². The Morgan fingerprint density at radius 3 is 0.595 bits per heavy atom. The third-order valence-corrected chi connectivity index (χ3v) is 20.1. The van der Waals surface area contributed by atoms with Crippen molar-refractivity contribution in [3.8, 4) is 0 Å². The first-order chi connectivity index (χ1) is 34.0. The molecule has 0 aromatic carbocycles. The summed E-state index contributed by atoms with van der Waals surface area (Å²) in [6, 6.07) is 0. The van der Waals surface area contributed by atoms with E-state index < -0.39 is 11.2 Å². The molecule has 6 aliphatic carbocycles. The minimum absolute atomic E-state index is 0. The summed E-state index contributed by atoms with van der Waals surface area (Å²) in [5, 5.41) is 64.7. The van der Waals surface area contributed by atoms with Gasteiger partial charge in [0.25, 0.3) is 0 Å². The molecular weight excluding hydrogens is 1070 g/mol. The zero-order chi connectivity index (χ0) is 54.2. The van der Waals surface area contributed by atoms with Gasteiger partial charge in [-0.05, 0) is 103 Å². The van der Waals surface area contributed by atoms with Crippen molar-refractivity contribution in [3.05, 3.63) is 0 Å². The van der Waals surface area contributed by atoms with Gasteiger partial charge in [0.1, 0.15) is 0 Å². The van der Waals surface area contributed by atoms with Crippen LogP contribution in [-0.2, 0) is 21.7 Å². The van der Waals surface area contributed by atoms with Gasteiger partial charge < -0.3 is 30.6 Å². The third-order valence-electron chi connectivity index (χ3n) is 20.1. The summed E-state index contributed by atoms with van der Waals surface area (Å²) in [5.74, 6) is 3.02. The Kier molecular flexibility index (Phi) is 45.2. The average molecular weight is 1200 g/mol. The summed E-state index contributed by atoms with van der Waals surface area (Å²) in [4.78, 5) is 0. The molecule has 0 aliphatic heterocycles. The van der Waals surface area contributed by atoms with E-state index in [1.165, 1.54) is 167 Å². The van der Waals surface area contributed by atoms with Crippen LogP contribution in [0, 0.1) is 35.5 Å². The van der Waals surface area contributed by atoms with Crippen LogP contribution in [0.5, 0.6) is 0 Å². The van der Waals surface area contributed by atoms with Gasteiger partial charge in [-0.2, -0.15) is 0 Å². The molecule has 6 saturated carbocycles. The van der Waals surface area contributed by atoms with Crippen LogP contribution in [0.2, 0.25) is 0 Å². The van der Waals surface area contributed by atoms with Crippen molar-refractivity contribution in [1.29, 1.82) is 0 Å². The van der Waals surface area contributed by atoms with Gasteiger partial charge in [-0.1, -0.05) is 286 Å². The summed E-state index contributed by atoms with van der Waals surface area (Å²) in [6.07, 6.45) is 50.6. The fraction of sp³-hybridized carbons (Fsp3) is 1.00. The van der Waals surface area contributed by atoms with Gasteiger partial charge >= 0.3 is 48.9 Å². The van der Waals surface area contributed by atoms with E-state index in [-0.39, 0.29) is 93.0 Å². The van der Waals surface area contributed by atoms with Crippen LogP contribution in [0.1, 0.15) is 353 Å². The molecule has 0 heterocycles. The van der Waals surface area contributed by atoms with Gasteiger partial charge in [-0.15, -0.1) is 11.2 Å². The van der Waals surface area contributed by atoms with Gasteiger partial charge in [0.15, 0.2) is 0 Å². The van der Waals surface area contributed by atoms with Crippen molar-refractivity contribution in [3.63, 3.8) is 0 Å². The topological polar surface area (TPSA) is 127 Å². The van der Waals surface area contributed by atoms with Crippen LogP contribution < -0.4 is 10.2 Å². The molecule has 0 aromatic heterocycles. The van der Waals surface area contributed by atoms with E-state index in [9.17, 15) is 30.6 Å². The molecule has 0 saturated heterocycles. The first-order valence-electron chi connectivity index (χ1n) is 32.3. The minimum Gasteiger partial charge on any atom is -0.849 e. The summed E-state index contributed by atoms with van der Waals surface area (Å²) in [6.45, 7) is 25.0. The molecule has 12 atom stereocenters. The monoisotopic (exact) mass is 1200 g/mol. The van der Waals surface area contributed by atoms with E-state index in [0.29, 0.717) is 35.5 Å². The fourth-order valence-electron chi connectivity index (χ4n) is 14.3. The van der Waals surface area contributed by atoms with Gasteiger partial charge in [0.05, 0.1) is 22.4 Å². The molecule has 8 heteroatoms. The molecule has 436 valence electrons. The van der Waals surface area contributed by atoms with Crippen LogP contribution in [-0.4, -0.2) is 103 Å². The second-order valence-electron chi connectivity index (χ2n) is 26.4. The number of rotatable bonds is 6. The van der Waals surface area contributed by atoms with Gasteiger partial charge in [-0.3, -0.25) is 0 Å². The van der Waals surface area contributed by atoms with Crippen molar-refractivity contribution in [2.75, 3.05) is 0 Å². The molecule has 6 aliphatic rings. The zero-order valence-corrected chi connectivity index (χ0v) is 58.0. The molecule has 4 N–H and O–H groups in total. The Hall–Kier alpha value is 2.05. The molecule has 12 unspecified atom stereocenters. The van der Waals surface area contributed by atoms with Crippen molar-refractivity contribution in [2.24, 2.45) is 35.5 Å². The predicted octanol–water partition coefficient (Wildman–Crippen LogP) is 17.1. The SMILES string of the molecule is CCC1CCCCCCC1(C)O.CCC1CCCCCCC1(C)O.CCC1CCCCCCC1(C)O.CCC1CCCCCCC1(C)O.CCC1CCCCCCC1(C)[O-].CCC1CCCCCCC1(C)[O-].[Ba+2].[Ti]. The molecule has 0 aromatic rings. The summed E-state index contributed by atoms with van der Waals surface area (Å²) in [7, 11) is 0. The molecule has 0 spiro atoms. The van der Waals surface area contributed by atoms with E-state index in [1.54, 1.807) is 0 Å². The zero-order valence-electron chi connectivity index (χ0n) is 52.0. The van der Waals surface area contributed by atoms with Crippen molar-refractivity contribution in [2.45, 2.75) is 386 Å². The van der Waals surface area contributed by atoms with Gasteiger partial charge in [-0.25, -0.2) is 0 Å². The standard InChI is InChI=1S/4C11H22O.2C11H21O.Ba.Ti/c6*1-3-10-8-6-4-5-7-9-11(10,2)12;;/h4*10,12H,3-9H2,1-2H3;2*10H,3-9H2,1-2H3;;/q;;;;2*-1;+2;. The van der Waals surface area contributed by atoms with Crippen LogP contribution >= 0.6 is 0 Å². The van der Waals surface area contributed by atoms with E-state index in [1.807, 2.05) is 41.5 Å². The molecule has 0 radical (unpaired) electrons. The second kappa shape index (κ2) is 42.8. The smallest absolute Gasteiger partial charge is 0.849 e. The van der Waals surface area contributed by atoms with Crippen LogP contribution in [0.15, 0.2) is 0 Å². The van der Waals surface area contributed by atoms with Gasteiger partial charge in [0.2, 0.25) is 0 Å². The largest absolute Gasteiger partial charge is 2.00 e. The molecule has 6 nitrogen and oxygen atoms in total. The fourth-order valence-corrected chi connectivity index (χ4v) is 14.3. The molecule has 74 heavy (non-hydrogen) atoms. The Labute approximate surface area is 518 Å². The van der Waals surface area contributed by atoms with Crippen molar-refractivity contribution >= 4 is 48.9 Å². The maximum absolute atomic E-state index is 12.1. The Balaban J connectivity index is 0. The second-order valence-corrected chi connectivity index (χ2v) is 26.4. The third kappa shape index (κ3) is 32.6. The summed E-state index contributed by atoms with van der Waals surface area (Å²) in [5.41, 5.74) is -2.78. The summed E-state index contributed by atoms with van der Waals surface area (Å²) < 4.78 is 0. The van der Waals surface area contributed by atoms with E-state index in [2.05, 4.69) is 41.5 Å². The number of aliphatic hydroxyl groups is 4. The minimum atomic E-state index is -0.630. The Morgan fingerprint density at radius 2 is 0.419 bits per heavy atom. The molecular formula is C66H130BaO6Ti.